The molecule has 0 N–H and O–H groups in total. The van der Waals surface area contributed by atoms with Gasteiger partial charge in [-0.1, -0.05) is 208 Å². The molecule has 1 aliphatic rings. The van der Waals surface area contributed by atoms with Crippen molar-refractivity contribution >= 4 is 53.9 Å². The minimum Gasteiger partial charge on any atom is -0.0622 e. The average Bonchev–Trinajstić information content (AvgIpc) is 3.56. The molecule has 294 valence electrons. The predicted octanol–water partition coefficient (Wildman–Crippen LogP) is 17.5. The second-order valence-corrected chi connectivity index (χ2v) is 18.0. The van der Waals surface area contributed by atoms with Crippen molar-refractivity contribution in [1.29, 1.82) is 0 Å². The summed E-state index contributed by atoms with van der Waals surface area (Å²) in [5, 5.41) is 13.0. The summed E-state index contributed by atoms with van der Waals surface area (Å²) in [7, 11) is 0. The Kier molecular flexibility index (Phi) is 7.75. The Balaban J connectivity index is 1.05. The third-order valence-electron chi connectivity index (χ3n) is 14.2. The number of rotatable bonds is 5. The molecule has 63 heavy (non-hydrogen) atoms. The molecular weight excluding hydrogens is 757 g/mol. The maximum absolute atomic E-state index is 2.55. The van der Waals surface area contributed by atoms with Crippen LogP contribution in [0.2, 0.25) is 0 Å². The largest absolute Gasteiger partial charge is 0.0622 e. The van der Waals surface area contributed by atoms with E-state index in [0.717, 1.165) is 0 Å². The number of hydrogen-bond donors (Lipinski definition) is 0. The molecule has 0 aromatic heterocycles. The fourth-order valence-corrected chi connectivity index (χ4v) is 11.1. The summed E-state index contributed by atoms with van der Waals surface area (Å²) in [6.07, 6.45) is 0. The molecule has 0 unspecified atom stereocenters. The minimum absolute atomic E-state index is 0.231. The lowest BCUT2D eigenvalue weighted by Gasteiger charge is -2.24. The maximum Gasteiger partial charge on any atom is 0.0159 e. The molecule has 1 aliphatic carbocycles. The van der Waals surface area contributed by atoms with Crippen LogP contribution in [0.4, 0.5) is 0 Å². The van der Waals surface area contributed by atoms with Crippen LogP contribution in [0, 0.1) is 0 Å². The van der Waals surface area contributed by atoms with Gasteiger partial charge in [0, 0.05) is 5.41 Å². The molecule has 0 heterocycles. The van der Waals surface area contributed by atoms with E-state index in [2.05, 4.69) is 232 Å². The van der Waals surface area contributed by atoms with Gasteiger partial charge in [0.2, 0.25) is 0 Å². The van der Waals surface area contributed by atoms with E-state index in [0.29, 0.717) is 0 Å². The third kappa shape index (κ3) is 5.41. The van der Waals surface area contributed by atoms with Gasteiger partial charge in [0.25, 0.3) is 0 Å². The predicted molar refractivity (Wildman–Crippen MR) is 270 cm³/mol. The summed E-state index contributed by atoms with van der Waals surface area (Å²) in [5.41, 5.74) is 17.7. The second-order valence-electron chi connectivity index (χ2n) is 18.0. The van der Waals surface area contributed by atoms with Crippen LogP contribution in [0.15, 0.2) is 218 Å². The quantitative estimate of drug-likeness (QED) is 0.120. The Labute approximate surface area is 367 Å². The first-order valence-corrected chi connectivity index (χ1v) is 22.2. The summed E-state index contributed by atoms with van der Waals surface area (Å²) >= 11 is 0. The zero-order valence-corrected chi connectivity index (χ0v) is 35.3. The standard InChI is InChI=1S/C63H42/c1-63(2)57-36-47(53-35-48-19-11-17-43-31-32-44-18-12-22-52(53)62(44)59(43)48)33-34-49(57)54-37-55-56(38-58(54)63)61(46-29-25-42(26-30-46)40-15-7-4-8-16-40)51-21-10-9-20-50(51)60(55)45-27-23-41(24-28-45)39-13-5-3-6-14-39/h3-38H,1-2H3. The Morgan fingerprint density at radius 3 is 1.33 bits per heavy atom. The average molecular weight is 799 g/mol. The molecule has 0 nitrogen and oxygen atoms in total. The van der Waals surface area contributed by atoms with Crippen LogP contribution in [-0.4, -0.2) is 0 Å². The molecule has 0 radical (unpaired) electrons. The molecule has 0 amide bonds. The van der Waals surface area contributed by atoms with Crippen LogP contribution in [0.5, 0.6) is 0 Å². The fourth-order valence-electron chi connectivity index (χ4n) is 11.1. The molecule has 0 atom stereocenters. The molecule has 0 aliphatic heterocycles. The third-order valence-corrected chi connectivity index (χ3v) is 14.2. The first kappa shape index (κ1) is 35.9. The first-order chi connectivity index (χ1) is 31.0. The lowest BCUT2D eigenvalue weighted by Crippen LogP contribution is -2.15. The smallest absolute Gasteiger partial charge is 0.0159 e. The Morgan fingerprint density at radius 1 is 0.254 bits per heavy atom. The monoisotopic (exact) mass is 798 g/mol. The van der Waals surface area contributed by atoms with Gasteiger partial charge in [0.1, 0.15) is 0 Å². The van der Waals surface area contributed by atoms with Gasteiger partial charge in [-0.3, -0.25) is 0 Å². The van der Waals surface area contributed by atoms with Gasteiger partial charge in [-0.2, -0.15) is 0 Å². The van der Waals surface area contributed by atoms with E-state index in [4.69, 9.17) is 0 Å². The highest BCUT2D eigenvalue weighted by molar-refractivity contribution is 6.26. The van der Waals surface area contributed by atoms with E-state index in [9.17, 15) is 0 Å². The van der Waals surface area contributed by atoms with Crippen LogP contribution < -0.4 is 0 Å². The summed E-state index contributed by atoms with van der Waals surface area (Å²) in [6.45, 7) is 4.86. The van der Waals surface area contributed by atoms with Crippen molar-refractivity contribution < 1.29 is 0 Å². The summed E-state index contributed by atoms with van der Waals surface area (Å²) in [5.74, 6) is 0. The van der Waals surface area contributed by atoms with Crippen LogP contribution in [0.1, 0.15) is 25.0 Å². The lowest BCUT2D eigenvalue weighted by atomic mass is 9.79. The van der Waals surface area contributed by atoms with E-state index in [1.165, 1.54) is 132 Å². The molecule has 13 rings (SSSR count). The highest BCUT2D eigenvalue weighted by atomic mass is 14.4. The molecule has 0 heteroatoms. The molecule has 0 fully saturated rings. The van der Waals surface area contributed by atoms with E-state index >= 15 is 0 Å². The van der Waals surface area contributed by atoms with Gasteiger partial charge in [0.05, 0.1) is 0 Å². The number of benzene rings is 12. The molecular formula is C63H42. The summed E-state index contributed by atoms with van der Waals surface area (Å²) < 4.78 is 0. The van der Waals surface area contributed by atoms with Crippen molar-refractivity contribution in [3.63, 3.8) is 0 Å². The molecule has 0 saturated carbocycles. The zero-order chi connectivity index (χ0) is 41.8. The Hall–Kier alpha value is -7.80. The van der Waals surface area contributed by atoms with Gasteiger partial charge in [-0.15, -0.1) is 0 Å². The van der Waals surface area contributed by atoms with Crippen LogP contribution >= 0.6 is 0 Å². The molecule has 0 spiro atoms. The number of hydrogen-bond acceptors (Lipinski definition) is 0. The zero-order valence-electron chi connectivity index (χ0n) is 35.3. The molecule has 12 aromatic rings. The molecule has 0 saturated heterocycles. The normalized spacial score (nSPS) is 13.0. The highest BCUT2D eigenvalue weighted by Gasteiger charge is 2.37. The van der Waals surface area contributed by atoms with Gasteiger partial charge < -0.3 is 0 Å². The summed E-state index contributed by atoms with van der Waals surface area (Å²) in [4.78, 5) is 0. The Bertz CT molecular complexity index is 3760. The van der Waals surface area contributed by atoms with E-state index in [-0.39, 0.29) is 5.41 Å². The van der Waals surface area contributed by atoms with Gasteiger partial charge in [-0.25, -0.2) is 0 Å². The van der Waals surface area contributed by atoms with Crippen molar-refractivity contribution in [3.8, 4) is 66.8 Å². The van der Waals surface area contributed by atoms with Crippen molar-refractivity contribution in [3.05, 3.63) is 230 Å². The van der Waals surface area contributed by atoms with Gasteiger partial charge >= 0.3 is 0 Å². The topological polar surface area (TPSA) is 0 Å². The Morgan fingerprint density at radius 2 is 0.714 bits per heavy atom. The minimum atomic E-state index is -0.231. The fraction of sp³-hybridized carbons (Fsp3) is 0.0476. The van der Waals surface area contributed by atoms with Gasteiger partial charge in [-0.05, 0) is 156 Å². The van der Waals surface area contributed by atoms with Crippen LogP contribution in [-0.2, 0) is 5.41 Å². The molecule has 12 aromatic carbocycles. The van der Waals surface area contributed by atoms with Gasteiger partial charge in [0.15, 0.2) is 0 Å². The van der Waals surface area contributed by atoms with E-state index in [1.54, 1.807) is 0 Å². The van der Waals surface area contributed by atoms with Crippen LogP contribution in [0.3, 0.4) is 0 Å². The van der Waals surface area contributed by atoms with E-state index < -0.39 is 0 Å². The lowest BCUT2D eigenvalue weighted by molar-refractivity contribution is 0.661. The van der Waals surface area contributed by atoms with Crippen molar-refractivity contribution in [2.75, 3.05) is 0 Å². The first-order valence-electron chi connectivity index (χ1n) is 22.2. The van der Waals surface area contributed by atoms with Crippen LogP contribution in [0.25, 0.3) is 121 Å². The van der Waals surface area contributed by atoms with Crippen molar-refractivity contribution in [2.45, 2.75) is 19.3 Å². The maximum atomic E-state index is 2.55. The van der Waals surface area contributed by atoms with Crippen molar-refractivity contribution in [1.82, 2.24) is 0 Å². The SMILES string of the molecule is CC1(C)c2cc(-c3cc4cccc5ccc6cccc3c6c54)ccc2-c2cc3c(-c4ccc(-c5ccccc5)cc4)c4ccccc4c(-c4ccc(-c5ccccc5)cc4)c3cc21. The number of fused-ring (bicyclic) bond motifs is 5. The second kappa shape index (κ2) is 13.6. The van der Waals surface area contributed by atoms with E-state index in [1.807, 2.05) is 0 Å². The molecule has 0 bridgehead atoms. The highest BCUT2D eigenvalue weighted by Crippen LogP contribution is 2.54. The summed E-state index contributed by atoms with van der Waals surface area (Å²) in [6, 6.07) is 81.7. The van der Waals surface area contributed by atoms with Crippen molar-refractivity contribution in [2.24, 2.45) is 0 Å².